The Morgan fingerprint density at radius 2 is 2.07 bits per heavy atom. The molecule has 1 atom stereocenters. The lowest BCUT2D eigenvalue weighted by atomic mass is 10.2. The lowest BCUT2D eigenvalue weighted by Crippen LogP contribution is -2.38. The summed E-state index contributed by atoms with van der Waals surface area (Å²) in [6, 6.07) is -0.114. The Hall–Kier alpha value is -0.170. The molecule has 0 aromatic heterocycles. The Labute approximate surface area is 86.1 Å². The molecule has 14 heavy (non-hydrogen) atoms. The minimum Gasteiger partial charge on any atom is -0.381 e. The minimum absolute atomic E-state index is 0.00270. The molecule has 86 valence electrons. The lowest BCUT2D eigenvalue weighted by Gasteiger charge is -2.10. The topological polar surface area (TPSA) is 81.4 Å². The van der Waals surface area contributed by atoms with Gasteiger partial charge in [0, 0.05) is 19.2 Å². The third-order valence-electron chi connectivity index (χ3n) is 1.79. The molecule has 0 saturated carbocycles. The second-order valence-corrected chi connectivity index (χ2v) is 4.96. The van der Waals surface area contributed by atoms with Gasteiger partial charge in [0.05, 0.1) is 12.4 Å². The molecular weight excluding hydrogens is 204 g/mol. The maximum absolute atomic E-state index is 11.3. The smallest absolute Gasteiger partial charge is 0.213 e. The monoisotopic (exact) mass is 224 g/mol. The summed E-state index contributed by atoms with van der Waals surface area (Å²) >= 11 is 0. The number of ether oxygens (including phenoxy) is 1. The summed E-state index contributed by atoms with van der Waals surface area (Å²) < 4.78 is 29.9. The zero-order valence-electron chi connectivity index (χ0n) is 8.82. The van der Waals surface area contributed by atoms with E-state index in [1.54, 1.807) is 0 Å². The molecule has 1 unspecified atom stereocenters. The van der Waals surface area contributed by atoms with E-state index in [-0.39, 0.29) is 18.4 Å². The minimum atomic E-state index is -3.21. The van der Waals surface area contributed by atoms with Crippen molar-refractivity contribution in [3.63, 3.8) is 0 Å². The van der Waals surface area contributed by atoms with Crippen molar-refractivity contribution in [3.05, 3.63) is 0 Å². The van der Waals surface area contributed by atoms with Gasteiger partial charge in [-0.15, -0.1) is 0 Å². The maximum Gasteiger partial charge on any atom is 0.213 e. The molecule has 0 bridgehead atoms. The van der Waals surface area contributed by atoms with Crippen molar-refractivity contribution >= 4 is 10.0 Å². The summed E-state index contributed by atoms with van der Waals surface area (Å²) in [5, 5.41) is 0. The van der Waals surface area contributed by atoms with Crippen LogP contribution in [0.3, 0.4) is 0 Å². The Bertz CT molecular complexity index is 229. The van der Waals surface area contributed by atoms with Crippen molar-refractivity contribution in [2.75, 3.05) is 25.5 Å². The molecule has 0 fully saturated rings. The van der Waals surface area contributed by atoms with Crippen molar-refractivity contribution in [3.8, 4) is 0 Å². The van der Waals surface area contributed by atoms with Gasteiger partial charge in [-0.05, 0) is 13.3 Å². The number of hydrogen-bond donors (Lipinski definition) is 2. The normalized spacial score (nSPS) is 14.2. The average molecular weight is 224 g/mol. The quantitative estimate of drug-likeness (QED) is 0.554. The lowest BCUT2D eigenvalue weighted by molar-refractivity contribution is 0.163. The van der Waals surface area contributed by atoms with Gasteiger partial charge >= 0.3 is 0 Å². The fraction of sp³-hybridized carbons (Fsp3) is 1.00. The maximum atomic E-state index is 11.3. The zero-order chi connectivity index (χ0) is 11.0. The van der Waals surface area contributed by atoms with Crippen molar-refractivity contribution in [2.24, 2.45) is 5.73 Å². The van der Waals surface area contributed by atoms with Crippen molar-refractivity contribution in [1.29, 1.82) is 0 Å². The van der Waals surface area contributed by atoms with E-state index >= 15 is 0 Å². The third kappa shape index (κ3) is 7.25. The zero-order valence-corrected chi connectivity index (χ0v) is 9.64. The van der Waals surface area contributed by atoms with Crippen LogP contribution in [-0.2, 0) is 14.8 Å². The number of nitrogens with two attached hydrogens (primary N) is 1. The van der Waals surface area contributed by atoms with Crippen molar-refractivity contribution < 1.29 is 13.2 Å². The van der Waals surface area contributed by atoms with Gasteiger partial charge in [-0.25, -0.2) is 13.1 Å². The van der Waals surface area contributed by atoms with Gasteiger partial charge < -0.3 is 10.5 Å². The first-order chi connectivity index (χ1) is 6.52. The molecule has 6 heteroatoms. The first-order valence-electron chi connectivity index (χ1n) is 4.82. The fourth-order valence-electron chi connectivity index (χ4n) is 0.763. The Morgan fingerprint density at radius 3 is 2.57 bits per heavy atom. The van der Waals surface area contributed by atoms with Crippen LogP contribution < -0.4 is 10.5 Å². The van der Waals surface area contributed by atoms with E-state index in [1.165, 1.54) is 0 Å². The van der Waals surface area contributed by atoms with E-state index < -0.39 is 10.0 Å². The van der Waals surface area contributed by atoms with Crippen LogP contribution in [-0.4, -0.2) is 40.0 Å². The SMILES string of the molecule is CCOCCS(=O)(=O)NCC(N)CC. The molecule has 0 aromatic carbocycles. The van der Waals surface area contributed by atoms with E-state index in [2.05, 4.69) is 4.72 Å². The highest BCUT2D eigenvalue weighted by Gasteiger charge is 2.10. The van der Waals surface area contributed by atoms with E-state index in [1.807, 2.05) is 13.8 Å². The highest BCUT2D eigenvalue weighted by Crippen LogP contribution is 1.88. The summed E-state index contributed by atoms with van der Waals surface area (Å²) in [6.45, 7) is 4.80. The van der Waals surface area contributed by atoms with Gasteiger partial charge in [-0.3, -0.25) is 0 Å². The average Bonchev–Trinajstić information content (AvgIpc) is 2.14. The molecule has 3 N–H and O–H groups in total. The second-order valence-electron chi connectivity index (χ2n) is 3.03. The highest BCUT2D eigenvalue weighted by molar-refractivity contribution is 7.89. The number of sulfonamides is 1. The van der Waals surface area contributed by atoms with Crippen LogP contribution >= 0.6 is 0 Å². The summed E-state index contributed by atoms with van der Waals surface area (Å²) in [5.74, 6) is -0.00270. The van der Waals surface area contributed by atoms with Crippen LogP contribution in [0.15, 0.2) is 0 Å². The molecule has 0 aliphatic carbocycles. The predicted octanol–water partition coefficient (Wildman–Crippen LogP) is -0.320. The molecule has 5 nitrogen and oxygen atoms in total. The predicted molar refractivity (Wildman–Crippen MR) is 56.5 cm³/mol. The van der Waals surface area contributed by atoms with Crippen LogP contribution in [0.2, 0.25) is 0 Å². The molecule has 0 radical (unpaired) electrons. The fourth-order valence-corrected chi connectivity index (χ4v) is 1.71. The van der Waals surface area contributed by atoms with Crippen LogP contribution in [0.25, 0.3) is 0 Å². The molecule has 0 aliphatic rings. The molecule has 0 spiro atoms. The molecule has 0 rings (SSSR count). The van der Waals surface area contributed by atoms with Gasteiger partial charge in [-0.1, -0.05) is 6.92 Å². The summed E-state index contributed by atoms with van der Waals surface area (Å²) in [7, 11) is -3.21. The van der Waals surface area contributed by atoms with Gasteiger partial charge in [-0.2, -0.15) is 0 Å². The van der Waals surface area contributed by atoms with Gasteiger partial charge in [0.25, 0.3) is 0 Å². The van der Waals surface area contributed by atoms with Crippen molar-refractivity contribution in [1.82, 2.24) is 4.72 Å². The van der Waals surface area contributed by atoms with E-state index in [0.717, 1.165) is 6.42 Å². The number of rotatable bonds is 8. The number of hydrogen-bond acceptors (Lipinski definition) is 4. The number of nitrogens with one attached hydrogen (secondary N) is 1. The molecule has 0 amide bonds. The van der Waals surface area contributed by atoms with Gasteiger partial charge in [0.1, 0.15) is 0 Å². The molecule has 0 aromatic rings. The summed E-state index contributed by atoms with van der Waals surface area (Å²) in [4.78, 5) is 0. The molecule has 0 aliphatic heterocycles. The van der Waals surface area contributed by atoms with Crippen molar-refractivity contribution in [2.45, 2.75) is 26.3 Å². The Kier molecular flexibility index (Phi) is 7.08. The second kappa shape index (κ2) is 7.17. The summed E-state index contributed by atoms with van der Waals surface area (Å²) in [5.41, 5.74) is 5.58. The highest BCUT2D eigenvalue weighted by atomic mass is 32.2. The Balaban J connectivity index is 3.73. The first kappa shape index (κ1) is 13.8. The summed E-state index contributed by atoms with van der Waals surface area (Å²) in [6.07, 6.45) is 0.758. The van der Waals surface area contributed by atoms with E-state index in [4.69, 9.17) is 10.5 Å². The van der Waals surface area contributed by atoms with Crippen LogP contribution in [0, 0.1) is 0 Å². The molecule has 0 heterocycles. The largest absolute Gasteiger partial charge is 0.381 e. The van der Waals surface area contributed by atoms with Crippen LogP contribution in [0.4, 0.5) is 0 Å². The van der Waals surface area contributed by atoms with Gasteiger partial charge in [0.2, 0.25) is 10.0 Å². The first-order valence-corrected chi connectivity index (χ1v) is 6.47. The molecule has 0 saturated heterocycles. The van der Waals surface area contributed by atoms with E-state index in [0.29, 0.717) is 13.2 Å². The third-order valence-corrected chi connectivity index (χ3v) is 3.10. The standard InChI is InChI=1S/C8H20N2O3S/c1-3-8(9)7-10-14(11,12)6-5-13-4-2/h8,10H,3-7,9H2,1-2H3. The van der Waals surface area contributed by atoms with E-state index in [9.17, 15) is 8.42 Å². The van der Waals surface area contributed by atoms with Crippen LogP contribution in [0.1, 0.15) is 20.3 Å². The van der Waals surface area contributed by atoms with Gasteiger partial charge in [0.15, 0.2) is 0 Å². The Morgan fingerprint density at radius 1 is 1.43 bits per heavy atom. The molecular formula is C8H20N2O3S. The van der Waals surface area contributed by atoms with Crippen LogP contribution in [0.5, 0.6) is 0 Å².